The molecule has 3 nitrogen and oxygen atoms in total. The quantitative estimate of drug-likeness (QED) is 0.429. The SMILES string of the molecule is COC(=O)C=Cc1cc(C=O)ccc1C. The molecule has 0 heterocycles. The molecule has 0 N–H and O–H groups in total. The number of hydrogen-bond donors (Lipinski definition) is 0. The summed E-state index contributed by atoms with van der Waals surface area (Å²) < 4.78 is 4.47. The molecule has 0 atom stereocenters. The topological polar surface area (TPSA) is 43.4 Å². The average Bonchev–Trinajstić information content (AvgIpc) is 2.27. The Labute approximate surface area is 88.4 Å². The van der Waals surface area contributed by atoms with Gasteiger partial charge in [-0.2, -0.15) is 0 Å². The molecule has 15 heavy (non-hydrogen) atoms. The number of benzene rings is 1. The summed E-state index contributed by atoms with van der Waals surface area (Å²) >= 11 is 0. The third kappa shape index (κ3) is 3.06. The minimum absolute atomic E-state index is 0.411. The van der Waals surface area contributed by atoms with Gasteiger partial charge in [-0.05, 0) is 30.2 Å². The first-order valence-corrected chi connectivity index (χ1v) is 4.49. The largest absolute Gasteiger partial charge is 0.466 e. The van der Waals surface area contributed by atoms with Gasteiger partial charge in [-0.3, -0.25) is 4.79 Å². The van der Waals surface area contributed by atoms with Crippen LogP contribution in [-0.2, 0) is 9.53 Å². The van der Waals surface area contributed by atoms with Crippen LogP contribution < -0.4 is 0 Å². The summed E-state index contributed by atoms with van der Waals surface area (Å²) in [7, 11) is 1.32. The number of aldehydes is 1. The van der Waals surface area contributed by atoms with E-state index in [1.807, 2.05) is 13.0 Å². The average molecular weight is 204 g/mol. The van der Waals surface area contributed by atoms with Gasteiger partial charge in [0.1, 0.15) is 6.29 Å². The van der Waals surface area contributed by atoms with Gasteiger partial charge < -0.3 is 4.74 Å². The smallest absolute Gasteiger partial charge is 0.330 e. The molecule has 0 radical (unpaired) electrons. The normalized spacial score (nSPS) is 10.3. The van der Waals surface area contributed by atoms with E-state index in [-0.39, 0.29) is 0 Å². The molecule has 0 saturated carbocycles. The van der Waals surface area contributed by atoms with E-state index in [4.69, 9.17) is 0 Å². The highest BCUT2D eigenvalue weighted by Gasteiger charge is 1.98. The maximum Gasteiger partial charge on any atom is 0.330 e. The van der Waals surface area contributed by atoms with E-state index in [0.717, 1.165) is 17.4 Å². The molecule has 0 aliphatic heterocycles. The zero-order chi connectivity index (χ0) is 11.3. The first kappa shape index (κ1) is 11.2. The van der Waals surface area contributed by atoms with Crippen molar-refractivity contribution in [2.45, 2.75) is 6.92 Å². The molecule has 0 spiro atoms. The summed E-state index contributed by atoms with van der Waals surface area (Å²) in [6.07, 6.45) is 3.74. The van der Waals surface area contributed by atoms with E-state index in [2.05, 4.69) is 4.74 Å². The minimum atomic E-state index is -0.411. The summed E-state index contributed by atoms with van der Waals surface area (Å²) in [6.45, 7) is 1.91. The predicted octanol–water partition coefficient (Wildman–Crippen LogP) is 1.99. The number of ether oxygens (including phenoxy) is 1. The van der Waals surface area contributed by atoms with Crippen LogP contribution in [0.2, 0.25) is 0 Å². The van der Waals surface area contributed by atoms with Crippen LogP contribution in [0.5, 0.6) is 0 Å². The van der Waals surface area contributed by atoms with Gasteiger partial charge in [-0.25, -0.2) is 4.79 Å². The number of methoxy groups -OCH3 is 1. The highest BCUT2D eigenvalue weighted by molar-refractivity contribution is 5.87. The van der Waals surface area contributed by atoms with Crippen LogP contribution in [0.1, 0.15) is 21.5 Å². The first-order valence-electron chi connectivity index (χ1n) is 4.49. The lowest BCUT2D eigenvalue weighted by Crippen LogP contribution is -1.94. The summed E-state index contributed by atoms with van der Waals surface area (Å²) in [5, 5.41) is 0. The molecule has 0 fully saturated rings. The Balaban J connectivity index is 2.97. The number of esters is 1. The lowest BCUT2D eigenvalue weighted by atomic mass is 10.1. The van der Waals surface area contributed by atoms with Crippen molar-refractivity contribution in [3.8, 4) is 0 Å². The molecular formula is C12H12O3. The van der Waals surface area contributed by atoms with Crippen molar-refractivity contribution in [3.63, 3.8) is 0 Å². The summed E-state index contributed by atoms with van der Waals surface area (Å²) in [4.78, 5) is 21.4. The molecule has 1 aromatic rings. The molecule has 3 heteroatoms. The van der Waals surface area contributed by atoms with Gasteiger partial charge in [0.25, 0.3) is 0 Å². The lowest BCUT2D eigenvalue weighted by Gasteiger charge is -2.00. The molecule has 0 aliphatic carbocycles. The summed E-state index contributed by atoms with van der Waals surface area (Å²) in [5.74, 6) is -0.411. The van der Waals surface area contributed by atoms with E-state index < -0.39 is 5.97 Å². The molecular weight excluding hydrogens is 192 g/mol. The molecule has 0 amide bonds. The second-order valence-corrected chi connectivity index (χ2v) is 3.09. The van der Waals surface area contributed by atoms with E-state index in [0.29, 0.717) is 5.56 Å². The van der Waals surface area contributed by atoms with E-state index >= 15 is 0 Å². The van der Waals surface area contributed by atoms with Gasteiger partial charge >= 0.3 is 5.97 Å². The van der Waals surface area contributed by atoms with Crippen LogP contribution in [0.15, 0.2) is 24.3 Å². The van der Waals surface area contributed by atoms with Crippen molar-refractivity contribution < 1.29 is 14.3 Å². The van der Waals surface area contributed by atoms with E-state index in [1.54, 1.807) is 18.2 Å². The van der Waals surface area contributed by atoms with Gasteiger partial charge in [0.15, 0.2) is 0 Å². The van der Waals surface area contributed by atoms with Gasteiger partial charge in [-0.1, -0.05) is 12.1 Å². The fraction of sp³-hybridized carbons (Fsp3) is 0.167. The van der Waals surface area contributed by atoms with Crippen molar-refractivity contribution in [1.82, 2.24) is 0 Å². The van der Waals surface area contributed by atoms with Crippen molar-refractivity contribution in [2.75, 3.05) is 7.11 Å². The van der Waals surface area contributed by atoms with Crippen LogP contribution in [0.3, 0.4) is 0 Å². The molecule has 1 rings (SSSR count). The van der Waals surface area contributed by atoms with Crippen LogP contribution in [-0.4, -0.2) is 19.4 Å². The second-order valence-electron chi connectivity index (χ2n) is 3.09. The van der Waals surface area contributed by atoms with Crippen molar-refractivity contribution in [3.05, 3.63) is 41.0 Å². The maximum atomic E-state index is 10.9. The molecule has 0 aliphatic rings. The van der Waals surface area contributed by atoms with Crippen LogP contribution >= 0.6 is 0 Å². The maximum absolute atomic E-state index is 10.9. The molecule has 0 bridgehead atoms. The monoisotopic (exact) mass is 204 g/mol. The molecule has 0 aromatic heterocycles. The number of carbonyl (C=O) groups excluding carboxylic acids is 2. The van der Waals surface area contributed by atoms with Crippen molar-refractivity contribution in [2.24, 2.45) is 0 Å². The highest BCUT2D eigenvalue weighted by Crippen LogP contribution is 2.11. The van der Waals surface area contributed by atoms with Gasteiger partial charge in [0.05, 0.1) is 7.11 Å². The zero-order valence-electron chi connectivity index (χ0n) is 8.69. The van der Waals surface area contributed by atoms with Crippen molar-refractivity contribution >= 4 is 18.3 Å². The Hall–Kier alpha value is -1.90. The Bertz CT molecular complexity index is 405. The minimum Gasteiger partial charge on any atom is -0.466 e. The molecule has 78 valence electrons. The van der Waals surface area contributed by atoms with Crippen LogP contribution in [0.4, 0.5) is 0 Å². The third-order valence-electron chi connectivity index (χ3n) is 2.04. The highest BCUT2D eigenvalue weighted by atomic mass is 16.5. The fourth-order valence-corrected chi connectivity index (χ4v) is 1.14. The number of aryl methyl sites for hydroxylation is 1. The molecule has 1 aromatic carbocycles. The third-order valence-corrected chi connectivity index (χ3v) is 2.04. The summed E-state index contributed by atoms with van der Waals surface area (Å²) in [5.41, 5.74) is 2.43. The standard InChI is InChI=1S/C12H12O3/c1-9-3-4-10(8-13)7-11(9)5-6-12(14)15-2/h3-8H,1-2H3. The number of rotatable bonds is 3. The Morgan fingerprint density at radius 2 is 2.13 bits per heavy atom. The Morgan fingerprint density at radius 1 is 1.40 bits per heavy atom. The number of hydrogen-bond acceptors (Lipinski definition) is 3. The molecule has 0 saturated heterocycles. The zero-order valence-corrected chi connectivity index (χ0v) is 8.69. The Kier molecular flexibility index (Phi) is 3.80. The molecule has 0 unspecified atom stereocenters. The predicted molar refractivity (Wildman–Crippen MR) is 57.6 cm³/mol. The Morgan fingerprint density at radius 3 is 2.73 bits per heavy atom. The van der Waals surface area contributed by atoms with E-state index in [1.165, 1.54) is 13.2 Å². The van der Waals surface area contributed by atoms with E-state index in [9.17, 15) is 9.59 Å². The van der Waals surface area contributed by atoms with Gasteiger partial charge in [0.2, 0.25) is 0 Å². The lowest BCUT2D eigenvalue weighted by molar-refractivity contribution is -0.134. The first-order chi connectivity index (χ1) is 7.17. The van der Waals surface area contributed by atoms with Gasteiger partial charge in [0, 0.05) is 11.6 Å². The summed E-state index contributed by atoms with van der Waals surface area (Å²) in [6, 6.07) is 5.29. The van der Waals surface area contributed by atoms with Gasteiger partial charge in [-0.15, -0.1) is 0 Å². The van der Waals surface area contributed by atoms with Crippen LogP contribution in [0.25, 0.3) is 6.08 Å². The number of carbonyl (C=O) groups is 2. The fourth-order valence-electron chi connectivity index (χ4n) is 1.14. The van der Waals surface area contributed by atoms with Crippen LogP contribution in [0, 0.1) is 6.92 Å². The second kappa shape index (κ2) is 5.10. The van der Waals surface area contributed by atoms with Crippen molar-refractivity contribution in [1.29, 1.82) is 0 Å².